The van der Waals surface area contributed by atoms with Crippen LogP contribution in [0.25, 0.3) is 0 Å². The van der Waals surface area contributed by atoms with Crippen LogP contribution >= 0.6 is 0 Å². The number of benzene rings is 1. The first-order valence-electron chi connectivity index (χ1n) is 5.64. The predicted molar refractivity (Wildman–Crippen MR) is 69.4 cm³/mol. The SMILES string of the molecule is CC1(C)CS(=O)(=O)N(c2cccc(CN)c2)C1=O. The first-order chi connectivity index (χ1) is 8.28. The van der Waals surface area contributed by atoms with Crippen LogP contribution in [0.4, 0.5) is 5.69 Å². The maximum Gasteiger partial charge on any atom is 0.247 e. The van der Waals surface area contributed by atoms with E-state index in [0.29, 0.717) is 12.2 Å². The van der Waals surface area contributed by atoms with Crippen molar-refractivity contribution in [2.45, 2.75) is 20.4 Å². The fraction of sp³-hybridized carbons (Fsp3) is 0.417. The second kappa shape index (κ2) is 4.07. The lowest BCUT2D eigenvalue weighted by atomic mass is 9.95. The summed E-state index contributed by atoms with van der Waals surface area (Å²) >= 11 is 0. The van der Waals surface area contributed by atoms with Crippen LogP contribution in [0.1, 0.15) is 19.4 Å². The molecule has 0 saturated carbocycles. The van der Waals surface area contributed by atoms with Gasteiger partial charge in [-0.05, 0) is 31.5 Å². The third-order valence-corrected chi connectivity index (χ3v) is 4.99. The van der Waals surface area contributed by atoms with Gasteiger partial charge in [-0.2, -0.15) is 0 Å². The van der Waals surface area contributed by atoms with Crippen molar-refractivity contribution in [2.75, 3.05) is 10.1 Å². The van der Waals surface area contributed by atoms with Crippen LogP contribution in [-0.2, 0) is 21.4 Å². The minimum absolute atomic E-state index is 0.161. The van der Waals surface area contributed by atoms with E-state index in [0.717, 1.165) is 9.87 Å². The van der Waals surface area contributed by atoms with Gasteiger partial charge in [-0.1, -0.05) is 12.1 Å². The monoisotopic (exact) mass is 268 g/mol. The van der Waals surface area contributed by atoms with Gasteiger partial charge < -0.3 is 5.73 Å². The summed E-state index contributed by atoms with van der Waals surface area (Å²) < 4.78 is 25.0. The summed E-state index contributed by atoms with van der Waals surface area (Å²) in [7, 11) is -3.58. The number of anilines is 1. The van der Waals surface area contributed by atoms with Crippen molar-refractivity contribution in [3.05, 3.63) is 29.8 Å². The minimum Gasteiger partial charge on any atom is -0.326 e. The normalized spacial score (nSPS) is 21.3. The molecule has 5 nitrogen and oxygen atoms in total. The third kappa shape index (κ3) is 2.02. The Balaban J connectivity index is 2.53. The average Bonchev–Trinajstić information content (AvgIpc) is 2.43. The van der Waals surface area contributed by atoms with E-state index in [1.165, 1.54) is 0 Å². The third-order valence-electron chi connectivity index (χ3n) is 2.97. The molecule has 0 aliphatic carbocycles. The number of amides is 1. The zero-order chi connectivity index (χ0) is 13.6. The van der Waals surface area contributed by atoms with Gasteiger partial charge in [0.2, 0.25) is 15.9 Å². The zero-order valence-corrected chi connectivity index (χ0v) is 11.2. The summed E-state index contributed by atoms with van der Waals surface area (Å²) in [5.41, 5.74) is 5.80. The van der Waals surface area contributed by atoms with E-state index in [2.05, 4.69) is 0 Å². The summed E-state index contributed by atoms with van der Waals surface area (Å²) in [6, 6.07) is 6.74. The second-order valence-electron chi connectivity index (χ2n) is 5.08. The number of hydrogen-bond donors (Lipinski definition) is 1. The molecule has 0 atom stereocenters. The molecule has 1 fully saturated rings. The van der Waals surface area contributed by atoms with E-state index in [9.17, 15) is 13.2 Å². The molecule has 1 aromatic carbocycles. The zero-order valence-electron chi connectivity index (χ0n) is 10.4. The van der Waals surface area contributed by atoms with Crippen molar-refractivity contribution >= 4 is 21.6 Å². The lowest BCUT2D eigenvalue weighted by Gasteiger charge is -2.17. The summed E-state index contributed by atoms with van der Waals surface area (Å²) in [5.74, 6) is -0.553. The molecule has 0 spiro atoms. The molecule has 1 aliphatic heterocycles. The van der Waals surface area contributed by atoms with Crippen LogP contribution in [0.15, 0.2) is 24.3 Å². The quantitative estimate of drug-likeness (QED) is 0.862. The van der Waals surface area contributed by atoms with Crippen molar-refractivity contribution < 1.29 is 13.2 Å². The Kier molecular flexibility index (Phi) is 2.95. The van der Waals surface area contributed by atoms with E-state index < -0.39 is 21.3 Å². The molecule has 6 heteroatoms. The number of nitrogens with zero attached hydrogens (tertiary/aromatic N) is 1. The summed E-state index contributed by atoms with van der Waals surface area (Å²) in [6.07, 6.45) is 0. The number of carbonyl (C=O) groups excluding carboxylic acids is 1. The Hall–Kier alpha value is -1.40. The van der Waals surface area contributed by atoms with Crippen LogP contribution in [0, 0.1) is 5.41 Å². The lowest BCUT2D eigenvalue weighted by molar-refractivity contribution is -0.123. The van der Waals surface area contributed by atoms with E-state index in [4.69, 9.17) is 5.73 Å². The predicted octanol–water partition coefficient (Wildman–Crippen LogP) is 0.848. The maximum absolute atomic E-state index is 12.2. The number of sulfonamides is 1. The molecule has 0 aromatic heterocycles. The van der Waals surface area contributed by atoms with Crippen molar-refractivity contribution in [3.8, 4) is 0 Å². The fourth-order valence-electron chi connectivity index (χ4n) is 2.07. The highest BCUT2D eigenvalue weighted by atomic mass is 32.2. The molecule has 1 heterocycles. The highest BCUT2D eigenvalue weighted by Crippen LogP contribution is 2.35. The maximum atomic E-state index is 12.2. The first kappa shape index (κ1) is 13.0. The molecule has 1 saturated heterocycles. The van der Waals surface area contributed by atoms with Crippen molar-refractivity contribution in [2.24, 2.45) is 11.1 Å². The topological polar surface area (TPSA) is 80.5 Å². The molecule has 98 valence electrons. The molecule has 1 aliphatic rings. The Morgan fingerprint density at radius 1 is 1.39 bits per heavy atom. The average molecular weight is 268 g/mol. The molecule has 0 radical (unpaired) electrons. The van der Waals surface area contributed by atoms with Gasteiger partial charge in [-0.3, -0.25) is 4.79 Å². The largest absolute Gasteiger partial charge is 0.326 e. The molecular formula is C12H16N2O3S. The van der Waals surface area contributed by atoms with Gasteiger partial charge in [0.25, 0.3) is 0 Å². The first-order valence-corrected chi connectivity index (χ1v) is 7.25. The lowest BCUT2D eigenvalue weighted by Crippen LogP contribution is -2.32. The second-order valence-corrected chi connectivity index (χ2v) is 6.90. The van der Waals surface area contributed by atoms with Crippen LogP contribution in [0.2, 0.25) is 0 Å². The van der Waals surface area contributed by atoms with Crippen LogP contribution in [0.3, 0.4) is 0 Å². The van der Waals surface area contributed by atoms with E-state index in [1.807, 2.05) is 0 Å². The summed E-state index contributed by atoms with van der Waals surface area (Å²) in [5, 5.41) is 0. The van der Waals surface area contributed by atoms with E-state index in [1.54, 1.807) is 38.1 Å². The van der Waals surface area contributed by atoms with E-state index in [-0.39, 0.29) is 5.75 Å². The van der Waals surface area contributed by atoms with Gasteiger partial charge in [-0.15, -0.1) is 0 Å². The van der Waals surface area contributed by atoms with Gasteiger partial charge in [0, 0.05) is 6.54 Å². The highest BCUT2D eigenvalue weighted by molar-refractivity contribution is 7.94. The Morgan fingerprint density at radius 2 is 2.06 bits per heavy atom. The van der Waals surface area contributed by atoms with Gasteiger partial charge in [-0.25, -0.2) is 12.7 Å². The Morgan fingerprint density at radius 3 is 2.56 bits per heavy atom. The number of hydrogen-bond acceptors (Lipinski definition) is 4. The molecule has 2 rings (SSSR count). The molecule has 2 N–H and O–H groups in total. The van der Waals surface area contributed by atoms with Crippen molar-refractivity contribution in [1.82, 2.24) is 0 Å². The summed E-state index contributed by atoms with van der Waals surface area (Å²) in [4.78, 5) is 12.2. The summed E-state index contributed by atoms with van der Waals surface area (Å²) in [6.45, 7) is 3.58. The molecular weight excluding hydrogens is 252 g/mol. The smallest absolute Gasteiger partial charge is 0.247 e. The molecule has 0 bridgehead atoms. The van der Waals surface area contributed by atoms with Gasteiger partial charge in [0.05, 0.1) is 16.9 Å². The van der Waals surface area contributed by atoms with Crippen LogP contribution in [0.5, 0.6) is 0 Å². The van der Waals surface area contributed by atoms with Crippen molar-refractivity contribution in [1.29, 1.82) is 0 Å². The number of rotatable bonds is 2. The number of nitrogens with two attached hydrogens (primary N) is 1. The molecule has 1 aromatic rings. The molecule has 1 amide bonds. The van der Waals surface area contributed by atoms with E-state index >= 15 is 0 Å². The van der Waals surface area contributed by atoms with Gasteiger partial charge in [0.1, 0.15) is 0 Å². The van der Waals surface area contributed by atoms with Crippen molar-refractivity contribution in [3.63, 3.8) is 0 Å². The van der Waals surface area contributed by atoms with Gasteiger partial charge in [0.15, 0.2) is 0 Å². The highest BCUT2D eigenvalue weighted by Gasteiger charge is 2.49. The standard InChI is InChI=1S/C12H16N2O3S/c1-12(2)8-18(16,17)14(11(12)15)10-5-3-4-9(6-10)7-13/h3-6H,7-8,13H2,1-2H3. The van der Waals surface area contributed by atoms with Gasteiger partial charge >= 0.3 is 0 Å². The van der Waals surface area contributed by atoms with Crippen LogP contribution < -0.4 is 10.0 Å². The Labute approximate surface area is 107 Å². The Bertz CT molecular complexity index is 593. The van der Waals surface area contributed by atoms with Crippen LogP contribution in [-0.4, -0.2) is 20.1 Å². The molecule has 18 heavy (non-hydrogen) atoms. The minimum atomic E-state index is -3.58. The fourth-order valence-corrected chi connectivity index (χ4v) is 4.17. The number of carbonyl (C=O) groups is 1. The molecule has 0 unspecified atom stereocenters.